The number of hydrogen-bond donors (Lipinski definition) is 2. The first-order valence-corrected chi connectivity index (χ1v) is 9.00. The van der Waals surface area contributed by atoms with Gasteiger partial charge < -0.3 is 0 Å². The third-order valence-electron chi connectivity index (χ3n) is 3.76. The van der Waals surface area contributed by atoms with Crippen LogP contribution in [-0.2, 0) is 0 Å². The van der Waals surface area contributed by atoms with Crippen LogP contribution >= 0.6 is 28.1 Å². The van der Waals surface area contributed by atoms with Crippen molar-refractivity contribution in [1.29, 1.82) is 0 Å². The van der Waals surface area contributed by atoms with Crippen molar-refractivity contribution in [1.82, 2.24) is 25.1 Å². The van der Waals surface area contributed by atoms with Crippen LogP contribution in [0.1, 0.15) is 5.56 Å². The highest BCUT2D eigenvalue weighted by atomic mass is 79.9. The normalized spacial score (nSPS) is 11.3. The van der Waals surface area contributed by atoms with Gasteiger partial charge >= 0.3 is 0 Å². The summed E-state index contributed by atoms with van der Waals surface area (Å²) in [5, 5.41) is 18.9. The second kappa shape index (κ2) is 7.19. The van der Waals surface area contributed by atoms with Crippen molar-refractivity contribution in [3.63, 3.8) is 0 Å². The van der Waals surface area contributed by atoms with Crippen LogP contribution in [0.15, 0.2) is 70.2 Å². The third-order valence-corrected chi connectivity index (χ3v) is 4.74. The maximum absolute atomic E-state index is 5.31. The molecule has 6 nitrogen and oxygen atoms in total. The third kappa shape index (κ3) is 3.29. The molecule has 0 aliphatic carbocycles. The Morgan fingerprint density at radius 2 is 1.77 bits per heavy atom. The van der Waals surface area contributed by atoms with Crippen LogP contribution in [-0.4, -0.2) is 31.3 Å². The molecule has 0 fully saturated rings. The van der Waals surface area contributed by atoms with Crippen molar-refractivity contribution in [2.75, 3.05) is 0 Å². The van der Waals surface area contributed by atoms with Crippen LogP contribution in [0, 0.1) is 4.77 Å². The Balaban J connectivity index is 1.70. The van der Waals surface area contributed by atoms with Crippen LogP contribution < -0.4 is 0 Å². The van der Waals surface area contributed by atoms with Gasteiger partial charge in [-0.2, -0.15) is 20.0 Å². The molecule has 4 rings (SSSR count). The van der Waals surface area contributed by atoms with Gasteiger partial charge in [-0.1, -0.05) is 64.5 Å². The molecule has 2 aromatic carbocycles. The molecule has 4 aromatic rings. The van der Waals surface area contributed by atoms with E-state index in [1.807, 2.05) is 60.7 Å². The number of benzene rings is 2. The monoisotopic (exact) mass is 424 g/mol. The van der Waals surface area contributed by atoms with Gasteiger partial charge in [0, 0.05) is 15.6 Å². The first kappa shape index (κ1) is 16.6. The minimum atomic E-state index is 0.402. The minimum absolute atomic E-state index is 0.402. The van der Waals surface area contributed by atoms with Gasteiger partial charge in [-0.15, -0.1) is 0 Å². The average molecular weight is 425 g/mol. The van der Waals surface area contributed by atoms with Crippen molar-refractivity contribution in [3.05, 3.63) is 75.5 Å². The molecule has 2 aromatic heterocycles. The van der Waals surface area contributed by atoms with Gasteiger partial charge in [0.05, 0.1) is 11.9 Å². The van der Waals surface area contributed by atoms with E-state index in [-0.39, 0.29) is 0 Å². The summed E-state index contributed by atoms with van der Waals surface area (Å²) < 4.78 is 2.92. The SMILES string of the molecule is S=c1[nH]nc(-c2cc(-c3ccccc3)n[nH]2)n1/N=C\c1ccccc1Br. The number of rotatable bonds is 4. The van der Waals surface area contributed by atoms with Gasteiger partial charge in [-0.25, -0.2) is 5.10 Å². The fourth-order valence-electron chi connectivity index (χ4n) is 2.47. The summed E-state index contributed by atoms with van der Waals surface area (Å²) in [4.78, 5) is 0. The molecule has 26 heavy (non-hydrogen) atoms. The van der Waals surface area contributed by atoms with Crippen LogP contribution in [0.3, 0.4) is 0 Å². The Morgan fingerprint density at radius 1 is 1.00 bits per heavy atom. The van der Waals surface area contributed by atoms with E-state index in [1.54, 1.807) is 10.9 Å². The van der Waals surface area contributed by atoms with Crippen molar-refractivity contribution >= 4 is 34.4 Å². The molecule has 0 aliphatic heterocycles. The maximum atomic E-state index is 5.31. The molecule has 2 N–H and O–H groups in total. The summed E-state index contributed by atoms with van der Waals surface area (Å²) in [5.41, 5.74) is 3.51. The average Bonchev–Trinajstić information content (AvgIpc) is 3.29. The summed E-state index contributed by atoms with van der Waals surface area (Å²) in [5.74, 6) is 0.563. The van der Waals surface area contributed by atoms with E-state index in [2.05, 4.69) is 41.4 Å². The van der Waals surface area contributed by atoms with E-state index < -0.39 is 0 Å². The van der Waals surface area contributed by atoms with Gasteiger partial charge in [-0.05, 0) is 24.4 Å². The molecule has 0 bridgehead atoms. The molecule has 0 unspecified atom stereocenters. The molecular weight excluding hydrogens is 412 g/mol. The summed E-state index contributed by atoms with van der Waals surface area (Å²) in [6.07, 6.45) is 1.73. The Labute approximate surface area is 162 Å². The van der Waals surface area contributed by atoms with E-state index in [4.69, 9.17) is 12.2 Å². The zero-order chi connectivity index (χ0) is 17.9. The molecule has 0 spiro atoms. The lowest BCUT2D eigenvalue weighted by Gasteiger charge is -1.99. The molecule has 0 radical (unpaired) electrons. The van der Waals surface area contributed by atoms with Crippen molar-refractivity contribution in [2.45, 2.75) is 0 Å². The predicted octanol–water partition coefficient (Wildman–Crippen LogP) is 4.64. The van der Waals surface area contributed by atoms with E-state index in [1.165, 1.54) is 0 Å². The number of nitrogens with zero attached hydrogens (tertiary/aromatic N) is 4. The molecule has 8 heteroatoms. The minimum Gasteiger partial charge on any atom is -0.274 e. The Kier molecular flexibility index (Phi) is 4.59. The van der Waals surface area contributed by atoms with Gasteiger partial charge in [-0.3, -0.25) is 5.10 Å². The molecule has 0 aliphatic rings. The molecular formula is C18H13BrN6S. The predicted molar refractivity (Wildman–Crippen MR) is 108 cm³/mol. The van der Waals surface area contributed by atoms with Gasteiger partial charge in [0.25, 0.3) is 0 Å². The highest BCUT2D eigenvalue weighted by Gasteiger charge is 2.12. The van der Waals surface area contributed by atoms with Crippen LogP contribution in [0.2, 0.25) is 0 Å². The maximum Gasteiger partial charge on any atom is 0.216 e. The zero-order valence-electron chi connectivity index (χ0n) is 13.4. The number of hydrogen-bond acceptors (Lipinski definition) is 4. The van der Waals surface area contributed by atoms with Gasteiger partial charge in [0.2, 0.25) is 10.6 Å². The number of nitrogens with one attached hydrogen (secondary N) is 2. The lowest BCUT2D eigenvalue weighted by atomic mass is 10.1. The Bertz CT molecular complexity index is 1130. The van der Waals surface area contributed by atoms with E-state index in [0.29, 0.717) is 10.6 Å². The first-order valence-electron chi connectivity index (χ1n) is 7.80. The molecule has 0 amide bonds. The summed E-state index contributed by atoms with van der Waals surface area (Å²) in [6, 6.07) is 19.7. The van der Waals surface area contributed by atoms with Gasteiger partial charge in [0.15, 0.2) is 0 Å². The first-order chi connectivity index (χ1) is 12.7. The zero-order valence-corrected chi connectivity index (χ0v) is 15.8. The largest absolute Gasteiger partial charge is 0.274 e. The van der Waals surface area contributed by atoms with Crippen molar-refractivity contribution in [3.8, 4) is 22.8 Å². The Hall–Kier alpha value is -2.84. The molecule has 2 heterocycles. The second-order valence-corrected chi connectivity index (χ2v) is 6.70. The van der Waals surface area contributed by atoms with Crippen LogP contribution in [0.4, 0.5) is 0 Å². The standard InChI is InChI=1S/C18H13BrN6S/c19-14-9-5-4-8-13(14)11-20-25-17(23-24-18(25)26)16-10-15(21-22-16)12-6-2-1-3-7-12/h1-11H,(H,21,22)(H,24,26)/b20-11-. The van der Waals surface area contributed by atoms with Crippen molar-refractivity contribution < 1.29 is 0 Å². The van der Waals surface area contributed by atoms with Crippen LogP contribution in [0.5, 0.6) is 0 Å². The second-order valence-electron chi connectivity index (χ2n) is 5.46. The lowest BCUT2D eigenvalue weighted by Crippen LogP contribution is -1.95. The van der Waals surface area contributed by atoms with E-state index in [9.17, 15) is 0 Å². The number of aromatic nitrogens is 5. The Morgan fingerprint density at radius 3 is 2.58 bits per heavy atom. The van der Waals surface area contributed by atoms with Crippen molar-refractivity contribution in [2.24, 2.45) is 5.10 Å². The summed E-state index contributed by atoms with van der Waals surface area (Å²) >= 11 is 8.81. The fourth-order valence-corrected chi connectivity index (χ4v) is 3.03. The quantitative estimate of drug-likeness (QED) is 0.370. The molecule has 0 atom stereocenters. The molecule has 0 saturated heterocycles. The summed E-state index contributed by atoms with van der Waals surface area (Å²) in [7, 11) is 0. The highest BCUT2D eigenvalue weighted by molar-refractivity contribution is 9.10. The molecule has 128 valence electrons. The highest BCUT2D eigenvalue weighted by Crippen LogP contribution is 2.22. The smallest absolute Gasteiger partial charge is 0.216 e. The fraction of sp³-hybridized carbons (Fsp3) is 0. The van der Waals surface area contributed by atoms with Gasteiger partial charge in [0.1, 0.15) is 5.69 Å². The molecule has 0 saturated carbocycles. The number of aromatic amines is 2. The summed E-state index contributed by atoms with van der Waals surface area (Å²) in [6.45, 7) is 0. The van der Waals surface area contributed by atoms with Crippen LogP contribution in [0.25, 0.3) is 22.8 Å². The number of H-pyrrole nitrogens is 2. The van der Waals surface area contributed by atoms with E-state index >= 15 is 0 Å². The lowest BCUT2D eigenvalue weighted by molar-refractivity contribution is 0.865. The topological polar surface area (TPSA) is 74.7 Å². The van der Waals surface area contributed by atoms with E-state index in [0.717, 1.165) is 27.0 Å². The number of halogens is 1.